The van der Waals surface area contributed by atoms with E-state index >= 15 is 0 Å². The molecule has 1 aliphatic rings. The molecule has 3 rings (SSSR count). The number of likely N-dealkylation sites (tertiary alicyclic amines) is 1. The highest BCUT2D eigenvalue weighted by atomic mass is 32.1. The number of aryl methyl sites for hydroxylation is 1. The monoisotopic (exact) mass is 426 g/mol. The Bertz CT molecular complexity index is 867. The van der Waals surface area contributed by atoms with Crippen LogP contribution in [0.25, 0.3) is 0 Å². The molecule has 3 N–H and O–H groups in total. The maximum absolute atomic E-state index is 13.4. The van der Waals surface area contributed by atoms with Crippen molar-refractivity contribution >= 4 is 24.4 Å². The number of piperidine rings is 1. The van der Waals surface area contributed by atoms with Gasteiger partial charge in [-0.05, 0) is 49.4 Å². The molecule has 30 heavy (non-hydrogen) atoms. The summed E-state index contributed by atoms with van der Waals surface area (Å²) in [5, 5.41) is 3.09. The fraction of sp³-hybridized carbons (Fsp3) is 0.435. The average Bonchev–Trinajstić information content (AvgIpc) is 2.79. The summed E-state index contributed by atoms with van der Waals surface area (Å²) in [5.74, 6) is 0.235. The van der Waals surface area contributed by atoms with Crippen molar-refractivity contribution in [3.63, 3.8) is 0 Å². The molecule has 1 atom stereocenters. The van der Waals surface area contributed by atoms with E-state index in [1.807, 2.05) is 30.3 Å². The summed E-state index contributed by atoms with van der Waals surface area (Å²) >= 11 is 4.14. The lowest BCUT2D eigenvalue weighted by molar-refractivity contribution is -0.141. The molecular formula is C23H30N4O2S. The number of carbonyl (C=O) groups excluding carboxylic acids is 2. The van der Waals surface area contributed by atoms with E-state index in [0.717, 1.165) is 11.3 Å². The lowest BCUT2D eigenvalue weighted by Crippen LogP contribution is -2.54. The third-order valence-electron chi connectivity index (χ3n) is 5.97. The van der Waals surface area contributed by atoms with Crippen LogP contribution in [0.15, 0.2) is 48.7 Å². The largest absolute Gasteiger partial charge is 0.350 e. The smallest absolute Gasteiger partial charge is 0.240 e. The average molecular weight is 427 g/mol. The minimum atomic E-state index is -0.602. The van der Waals surface area contributed by atoms with Gasteiger partial charge in [-0.15, -0.1) is 0 Å². The lowest BCUT2D eigenvalue weighted by Gasteiger charge is -2.41. The van der Waals surface area contributed by atoms with Gasteiger partial charge in [0.05, 0.1) is 23.7 Å². The van der Waals surface area contributed by atoms with Gasteiger partial charge in [0.25, 0.3) is 0 Å². The Balaban J connectivity index is 1.76. The number of thiol groups is 1. The molecule has 1 aliphatic heterocycles. The van der Waals surface area contributed by atoms with E-state index < -0.39 is 11.5 Å². The SMILES string of the molecule is Cc1ccccc1CC1(C(=O)NCc2ccccn2)CCN(C(=O)[C@@H](N)CS)CC1. The number of nitrogens with two attached hydrogens (primary N) is 1. The number of hydrogen-bond donors (Lipinski definition) is 3. The van der Waals surface area contributed by atoms with Crippen molar-refractivity contribution < 1.29 is 9.59 Å². The molecule has 0 spiro atoms. The Hall–Kier alpha value is -2.38. The standard InChI is InChI=1S/C23H30N4O2S/c1-17-6-2-3-7-18(17)14-23(22(29)26-15-19-8-4-5-11-25-19)9-12-27(13-10-23)21(28)20(24)16-30/h2-8,11,20,30H,9-10,12-16,24H2,1H3,(H,26,29)/t20-/m0/s1. The van der Waals surface area contributed by atoms with Gasteiger partial charge in [-0.2, -0.15) is 12.6 Å². The number of pyridine rings is 1. The maximum Gasteiger partial charge on any atom is 0.240 e. The van der Waals surface area contributed by atoms with Crippen molar-refractivity contribution in [1.29, 1.82) is 0 Å². The lowest BCUT2D eigenvalue weighted by atomic mass is 9.72. The molecule has 0 aliphatic carbocycles. The van der Waals surface area contributed by atoms with E-state index in [0.29, 0.717) is 44.6 Å². The van der Waals surface area contributed by atoms with Gasteiger partial charge in [0.15, 0.2) is 0 Å². The molecule has 1 aromatic carbocycles. The van der Waals surface area contributed by atoms with Gasteiger partial charge in [0.1, 0.15) is 0 Å². The number of rotatable bonds is 7. The molecular weight excluding hydrogens is 396 g/mol. The third kappa shape index (κ3) is 5.21. The fourth-order valence-corrected chi connectivity index (χ4v) is 4.14. The van der Waals surface area contributed by atoms with Crippen molar-refractivity contribution in [3.05, 3.63) is 65.5 Å². The molecule has 7 heteroatoms. The van der Waals surface area contributed by atoms with Crippen LogP contribution in [-0.4, -0.2) is 46.6 Å². The second-order valence-electron chi connectivity index (χ2n) is 8.00. The van der Waals surface area contributed by atoms with Crippen molar-refractivity contribution in [2.45, 2.75) is 38.8 Å². The number of nitrogens with one attached hydrogen (secondary N) is 1. The highest BCUT2D eigenvalue weighted by molar-refractivity contribution is 7.80. The topological polar surface area (TPSA) is 88.3 Å². The van der Waals surface area contributed by atoms with E-state index in [1.165, 1.54) is 5.56 Å². The van der Waals surface area contributed by atoms with Gasteiger partial charge in [-0.1, -0.05) is 30.3 Å². The van der Waals surface area contributed by atoms with Crippen molar-refractivity contribution in [2.75, 3.05) is 18.8 Å². The van der Waals surface area contributed by atoms with E-state index in [1.54, 1.807) is 11.1 Å². The molecule has 2 amide bonds. The van der Waals surface area contributed by atoms with Crippen LogP contribution in [0.2, 0.25) is 0 Å². The molecule has 0 radical (unpaired) electrons. The Kier molecular flexibility index (Phi) is 7.50. The second kappa shape index (κ2) is 10.1. The zero-order valence-corrected chi connectivity index (χ0v) is 18.3. The van der Waals surface area contributed by atoms with E-state index in [4.69, 9.17) is 5.73 Å². The van der Waals surface area contributed by atoms with Crippen molar-refractivity contribution in [1.82, 2.24) is 15.2 Å². The number of amides is 2. The molecule has 2 aromatic rings. The van der Waals surface area contributed by atoms with Crippen LogP contribution >= 0.6 is 12.6 Å². The minimum Gasteiger partial charge on any atom is -0.350 e. The molecule has 6 nitrogen and oxygen atoms in total. The Morgan fingerprint density at radius 1 is 1.20 bits per heavy atom. The zero-order valence-electron chi connectivity index (χ0n) is 17.4. The van der Waals surface area contributed by atoms with Gasteiger partial charge < -0.3 is 16.0 Å². The summed E-state index contributed by atoms with van der Waals surface area (Å²) in [6.45, 7) is 3.49. The van der Waals surface area contributed by atoms with Gasteiger partial charge >= 0.3 is 0 Å². The number of hydrogen-bond acceptors (Lipinski definition) is 5. The first-order valence-corrected chi connectivity index (χ1v) is 11.0. The van der Waals surface area contributed by atoms with Gasteiger partial charge in [-0.3, -0.25) is 14.6 Å². The van der Waals surface area contributed by atoms with Crippen molar-refractivity contribution in [3.8, 4) is 0 Å². The zero-order chi connectivity index (χ0) is 21.6. The van der Waals surface area contributed by atoms with Crippen LogP contribution < -0.4 is 11.1 Å². The van der Waals surface area contributed by atoms with E-state index in [9.17, 15) is 9.59 Å². The molecule has 160 valence electrons. The predicted molar refractivity (Wildman–Crippen MR) is 121 cm³/mol. The normalized spacial score (nSPS) is 16.7. The summed E-state index contributed by atoms with van der Waals surface area (Å²) in [7, 11) is 0. The molecule has 0 saturated carbocycles. The Labute approximate surface area is 183 Å². The van der Waals surface area contributed by atoms with Crippen LogP contribution in [0, 0.1) is 12.3 Å². The van der Waals surface area contributed by atoms with E-state index in [2.05, 4.69) is 42.0 Å². The van der Waals surface area contributed by atoms with Crippen LogP contribution in [0.1, 0.15) is 29.7 Å². The van der Waals surface area contributed by atoms with Gasteiger partial charge in [-0.25, -0.2) is 0 Å². The summed E-state index contributed by atoms with van der Waals surface area (Å²) in [6, 6.07) is 13.2. The molecule has 1 aromatic heterocycles. The van der Waals surface area contributed by atoms with Crippen molar-refractivity contribution in [2.24, 2.45) is 11.1 Å². The number of benzene rings is 1. The second-order valence-corrected chi connectivity index (χ2v) is 8.37. The summed E-state index contributed by atoms with van der Waals surface area (Å²) < 4.78 is 0. The first-order valence-electron chi connectivity index (χ1n) is 10.3. The molecule has 0 bridgehead atoms. The first-order chi connectivity index (χ1) is 14.4. The Morgan fingerprint density at radius 3 is 2.53 bits per heavy atom. The predicted octanol–water partition coefficient (Wildman–Crippen LogP) is 2.11. The molecule has 1 saturated heterocycles. The highest BCUT2D eigenvalue weighted by Gasteiger charge is 2.42. The molecule has 0 unspecified atom stereocenters. The number of carbonyl (C=O) groups is 2. The third-order valence-corrected chi connectivity index (χ3v) is 6.37. The summed E-state index contributed by atoms with van der Waals surface area (Å²) in [5.41, 5.74) is 8.47. The van der Waals surface area contributed by atoms with Crippen LogP contribution in [0.5, 0.6) is 0 Å². The first kappa shape index (κ1) is 22.3. The van der Waals surface area contributed by atoms with Gasteiger partial charge in [0, 0.05) is 25.0 Å². The van der Waals surface area contributed by atoms with Gasteiger partial charge in [0.2, 0.25) is 11.8 Å². The molecule has 1 fully saturated rings. The fourth-order valence-electron chi connectivity index (χ4n) is 3.99. The quantitative estimate of drug-likeness (QED) is 0.592. The van der Waals surface area contributed by atoms with Crippen LogP contribution in [0.3, 0.4) is 0 Å². The minimum absolute atomic E-state index is 0.0157. The molecule has 2 heterocycles. The summed E-state index contributed by atoms with van der Waals surface area (Å²) in [6.07, 6.45) is 3.56. The summed E-state index contributed by atoms with van der Waals surface area (Å²) in [4.78, 5) is 31.9. The van der Waals surface area contributed by atoms with Crippen LogP contribution in [0.4, 0.5) is 0 Å². The number of aromatic nitrogens is 1. The number of nitrogens with zero attached hydrogens (tertiary/aromatic N) is 2. The highest BCUT2D eigenvalue weighted by Crippen LogP contribution is 2.36. The van der Waals surface area contributed by atoms with Crippen LogP contribution in [-0.2, 0) is 22.6 Å². The maximum atomic E-state index is 13.4. The van der Waals surface area contributed by atoms with E-state index in [-0.39, 0.29) is 11.8 Å². The Morgan fingerprint density at radius 2 is 1.90 bits per heavy atom.